The molecule has 66 valence electrons. The lowest BCUT2D eigenvalue weighted by Gasteiger charge is -2.01. The maximum absolute atomic E-state index is 11.2. The zero-order chi connectivity index (χ0) is 9.68. The van der Waals surface area contributed by atoms with Crippen molar-refractivity contribution in [1.82, 2.24) is 10.9 Å². The second kappa shape index (κ2) is 4.24. The van der Waals surface area contributed by atoms with Crippen molar-refractivity contribution in [3.05, 3.63) is 35.4 Å². The van der Waals surface area contributed by atoms with E-state index in [9.17, 15) is 4.79 Å². The molecular weight excluding hydrogens is 166 g/mol. The Balaban J connectivity index is 2.90. The van der Waals surface area contributed by atoms with Crippen LogP contribution in [-0.2, 0) is 0 Å². The quantitative estimate of drug-likeness (QED) is 0.640. The highest BCUT2D eigenvalue weighted by atomic mass is 16.2. The molecule has 0 atom stereocenters. The smallest absolute Gasteiger partial charge is 0.265 e. The Morgan fingerprint density at radius 1 is 1.54 bits per heavy atom. The molecule has 13 heavy (non-hydrogen) atoms. The molecule has 2 N–H and O–H groups in total. The lowest BCUT2D eigenvalue weighted by Crippen LogP contribution is -2.34. The molecule has 0 radical (unpaired) electrons. The Kier molecular flexibility index (Phi) is 3.01. The summed E-state index contributed by atoms with van der Waals surface area (Å²) in [5.41, 5.74) is 5.88. The average molecular weight is 175 g/mol. The van der Waals surface area contributed by atoms with Crippen molar-refractivity contribution in [1.29, 1.82) is 5.26 Å². The van der Waals surface area contributed by atoms with E-state index in [0.29, 0.717) is 11.1 Å². The second-order valence-electron chi connectivity index (χ2n) is 2.40. The van der Waals surface area contributed by atoms with Crippen molar-refractivity contribution >= 4 is 5.91 Å². The largest absolute Gasteiger partial charge is 0.288 e. The molecule has 4 nitrogen and oxygen atoms in total. The maximum Gasteiger partial charge on any atom is 0.265 e. The topological polar surface area (TPSA) is 64.9 Å². The fourth-order valence-corrected chi connectivity index (χ4v) is 0.916. The first-order valence-electron chi connectivity index (χ1n) is 3.75. The summed E-state index contributed by atoms with van der Waals surface area (Å²) in [6.45, 7) is 0. The van der Waals surface area contributed by atoms with Gasteiger partial charge < -0.3 is 0 Å². The van der Waals surface area contributed by atoms with E-state index < -0.39 is 0 Å². The number of nitrogens with one attached hydrogen (secondary N) is 2. The molecule has 0 fully saturated rings. The van der Waals surface area contributed by atoms with E-state index in [2.05, 4.69) is 10.9 Å². The molecule has 1 aromatic rings. The van der Waals surface area contributed by atoms with Crippen molar-refractivity contribution in [2.45, 2.75) is 0 Å². The molecule has 1 amide bonds. The minimum absolute atomic E-state index is 0.250. The zero-order valence-corrected chi connectivity index (χ0v) is 7.16. The molecule has 4 heteroatoms. The van der Waals surface area contributed by atoms with E-state index in [1.807, 2.05) is 6.07 Å². The lowest BCUT2D eigenvalue weighted by atomic mass is 10.1. The molecule has 0 aliphatic heterocycles. The summed E-state index contributed by atoms with van der Waals surface area (Å²) < 4.78 is 0. The number of carbonyl (C=O) groups is 1. The molecule has 0 aliphatic rings. The lowest BCUT2D eigenvalue weighted by molar-refractivity contribution is 0.0938. The molecule has 1 aromatic carbocycles. The van der Waals surface area contributed by atoms with Gasteiger partial charge in [-0.25, -0.2) is 5.43 Å². The fourth-order valence-electron chi connectivity index (χ4n) is 0.916. The third-order valence-electron chi connectivity index (χ3n) is 1.49. The summed E-state index contributed by atoms with van der Waals surface area (Å²) in [4.78, 5) is 11.2. The van der Waals surface area contributed by atoms with Crippen LogP contribution in [0.5, 0.6) is 0 Å². The molecule has 0 saturated heterocycles. The predicted octanol–water partition coefficient (Wildman–Crippen LogP) is 0.422. The first kappa shape index (κ1) is 9.23. The molecule has 0 aromatic heterocycles. The van der Waals surface area contributed by atoms with Gasteiger partial charge in [-0.05, 0) is 18.2 Å². The Morgan fingerprint density at radius 2 is 2.31 bits per heavy atom. The van der Waals surface area contributed by atoms with Crippen LogP contribution in [0.1, 0.15) is 15.9 Å². The highest BCUT2D eigenvalue weighted by molar-refractivity contribution is 5.94. The molecule has 0 heterocycles. The monoisotopic (exact) mass is 175 g/mol. The summed E-state index contributed by atoms with van der Waals surface area (Å²) in [6.07, 6.45) is 0. The van der Waals surface area contributed by atoms with Crippen LogP contribution in [0.4, 0.5) is 0 Å². The SMILES string of the molecule is CNNC(=O)c1cccc(C#N)c1. The number of hydrogen-bond donors (Lipinski definition) is 2. The highest BCUT2D eigenvalue weighted by Crippen LogP contribution is 2.03. The van der Waals surface area contributed by atoms with Crippen LogP contribution in [0, 0.1) is 11.3 Å². The number of nitriles is 1. The minimum atomic E-state index is -0.250. The average Bonchev–Trinajstić information content (AvgIpc) is 2.18. The van der Waals surface area contributed by atoms with Crippen LogP contribution in [-0.4, -0.2) is 13.0 Å². The van der Waals surface area contributed by atoms with Gasteiger partial charge in [-0.3, -0.25) is 10.2 Å². The number of nitrogens with zero attached hydrogens (tertiary/aromatic N) is 1. The summed E-state index contributed by atoms with van der Waals surface area (Å²) in [6, 6.07) is 8.46. The van der Waals surface area contributed by atoms with Gasteiger partial charge >= 0.3 is 0 Å². The van der Waals surface area contributed by atoms with Crippen LogP contribution in [0.15, 0.2) is 24.3 Å². The zero-order valence-electron chi connectivity index (χ0n) is 7.16. The van der Waals surface area contributed by atoms with Crippen molar-refractivity contribution in [3.8, 4) is 6.07 Å². The number of rotatable bonds is 2. The molecule has 0 aliphatic carbocycles. The second-order valence-corrected chi connectivity index (χ2v) is 2.40. The standard InChI is InChI=1S/C9H9N3O/c1-11-12-9(13)8-4-2-3-7(5-8)6-10/h2-5,11H,1H3,(H,12,13). The first-order valence-corrected chi connectivity index (χ1v) is 3.75. The van der Waals surface area contributed by atoms with Crippen LogP contribution >= 0.6 is 0 Å². The van der Waals surface area contributed by atoms with Gasteiger partial charge in [0.25, 0.3) is 5.91 Å². The van der Waals surface area contributed by atoms with Crippen LogP contribution < -0.4 is 10.9 Å². The molecule has 0 bridgehead atoms. The van der Waals surface area contributed by atoms with Crippen molar-refractivity contribution in [3.63, 3.8) is 0 Å². The van der Waals surface area contributed by atoms with Crippen LogP contribution in [0.2, 0.25) is 0 Å². The Bertz CT molecular complexity index is 354. The highest BCUT2D eigenvalue weighted by Gasteiger charge is 2.03. The summed E-state index contributed by atoms with van der Waals surface area (Å²) in [5.74, 6) is -0.250. The van der Waals surface area contributed by atoms with Crippen molar-refractivity contribution < 1.29 is 4.79 Å². The molecule has 0 unspecified atom stereocenters. The number of hydrazine groups is 1. The van der Waals surface area contributed by atoms with E-state index >= 15 is 0 Å². The van der Waals surface area contributed by atoms with Gasteiger partial charge in [-0.1, -0.05) is 6.07 Å². The Morgan fingerprint density at radius 3 is 2.92 bits per heavy atom. The molecule has 1 rings (SSSR count). The maximum atomic E-state index is 11.2. The minimum Gasteiger partial charge on any atom is -0.288 e. The van der Waals surface area contributed by atoms with E-state index in [1.165, 1.54) is 6.07 Å². The Labute approximate surface area is 76.2 Å². The van der Waals surface area contributed by atoms with E-state index in [0.717, 1.165) is 0 Å². The van der Waals surface area contributed by atoms with Crippen molar-refractivity contribution in [2.75, 3.05) is 7.05 Å². The van der Waals surface area contributed by atoms with Gasteiger partial charge in [0, 0.05) is 12.6 Å². The van der Waals surface area contributed by atoms with Gasteiger partial charge in [-0.15, -0.1) is 0 Å². The molecular formula is C9H9N3O. The summed E-state index contributed by atoms with van der Waals surface area (Å²) in [5, 5.41) is 8.58. The van der Waals surface area contributed by atoms with Gasteiger partial charge in [0.05, 0.1) is 11.6 Å². The Hall–Kier alpha value is -1.86. The van der Waals surface area contributed by atoms with Gasteiger partial charge in [-0.2, -0.15) is 5.26 Å². The third kappa shape index (κ3) is 2.29. The van der Waals surface area contributed by atoms with Gasteiger partial charge in [0.15, 0.2) is 0 Å². The summed E-state index contributed by atoms with van der Waals surface area (Å²) >= 11 is 0. The van der Waals surface area contributed by atoms with E-state index in [4.69, 9.17) is 5.26 Å². The fraction of sp³-hybridized carbons (Fsp3) is 0.111. The first-order chi connectivity index (χ1) is 6.27. The molecule has 0 spiro atoms. The number of benzene rings is 1. The van der Waals surface area contributed by atoms with E-state index in [-0.39, 0.29) is 5.91 Å². The number of hydrogen-bond acceptors (Lipinski definition) is 3. The van der Waals surface area contributed by atoms with E-state index in [1.54, 1.807) is 25.2 Å². The normalized spacial score (nSPS) is 8.92. The van der Waals surface area contributed by atoms with Crippen molar-refractivity contribution in [2.24, 2.45) is 0 Å². The summed E-state index contributed by atoms with van der Waals surface area (Å²) in [7, 11) is 1.60. The van der Waals surface area contributed by atoms with Crippen LogP contribution in [0.3, 0.4) is 0 Å². The third-order valence-corrected chi connectivity index (χ3v) is 1.49. The number of amides is 1. The van der Waals surface area contributed by atoms with Gasteiger partial charge in [0.1, 0.15) is 0 Å². The molecule has 0 saturated carbocycles. The van der Waals surface area contributed by atoms with Crippen LogP contribution in [0.25, 0.3) is 0 Å². The number of carbonyl (C=O) groups excluding carboxylic acids is 1. The predicted molar refractivity (Wildman–Crippen MR) is 47.7 cm³/mol. The van der Waals surface area contributed by atoms with Gasteiger partial charge in [0.2, 0.25) is 0 Å².